The van der Waals surface area contributed by atoms with Crippen LogP contribution in [0.2, 0.25) is 0 Å². The number of hydrogen-bond acceptors (Lipinski definition) is 3. The van der Waals surface area contributed by atoms with Gasteiger partial charge in [0.25, 0.3) is 5.91 Å². The van der Waals surface area contributed by atoms with Crippen LogP contribution < -0.4 is 5.32 Å². The molecule has 1 unspecified atom stereocenters. The Kier molecular flexibility index (Phi) is 6.50. The second-order valence-corrected chi connectivity index (χ2v) is 5.68. The van der Waals surface area contributed by atoms with Crippen LogP contribution in [0.4, 0.5) is 0 Å². The van der Waals surface area contributed by atoms with Crippen molar-refractivity contribution in [3.63, 3.8) is 0 Å². The highest BCUT2D eigenvalue weighted by molar-refractivity contribution is 7.71. The minimum absolute atomic E-state index is 0.139. The number of amides is 1. The molecule has 2 aromatic rings. The molecule has 0 bridgehead atoms. The van der Waals surface area contributed by atoms with Crippen LogP contribution in [0.5, 0.6) is 0 Å². The second kappa shape index (κ2) is 8.60. The molecule has 5 heteroatoms. The Bertz CT molecular complexity index is 680. The number of benzene rings is 1. The van der Waals surface area contributed by atoms with Gasteiger partial charge in [-0.05, 0) is 30.8 Å². The van der Waals surface area contributed by atoms with Crippen LogP contribution in [-0.2, 0) is 0 Å². The van der Waals surface area contributed by atoms with Gasteiger partial charge in [-0.3, -0.25) is 9.69 Å². The predicted octanol–water partition coefficient (Wildman–Crippen LogP) is 3.56. The molecular formula is C18H23N3OS. The lowest BCUT2D eigenvalue weighted by Crippen LogP contribution is -2.38. The van der Waals surface area contributed by atoms with Crippen molar-refractivity contribution in [3.8, 4) is 0 Å². The van der Waals surface area contributed by atoms with Gasteiger partial charge in [-0.1, -0.05) is 56.4 Å². The fourth-order valence-electron chi connectivity index (χ4n) is 2.68. The maximum Gasteiger partial charge on any atom is 0.254 e. The number of likely N-dealkylation sites (N-methyl/N-ethyl adjacent to an activating group) is 1. The third kappa shape index (κ3) is 4.50. The predicted molar refractivity (Wildman–Crippen MR) is 96.1 cm³/mol. The molecule has 1 aromatic heterocycles. The smallest absolute Gasteiger partial charge is 0.254 e. The third-order valence-corrected chi connectivity index (χ3v) is 4.29. The Labute approximate surface area is 142 Å². The standard InChI is InChI=1S/C18H23N3OS/c1-3-21(4-2)16(14-9-6-5-7-10-14)13-20-17(22)15-11-8-12-19-18(15)23/h5-12,16H,3-4,13H2,1-2H3,(H,19,23)(H,20,22). The molecule has 2 rings (SSSR count). The first kappa shape index (κ1) is 17.4. The Hall–Kier alpha value is -1.98. The van der Waals surface area contributed by atoms with E-state index in [1.165, 1.54) is 5.56 Å². The average molecular weight is 329 g/mol. The van der Waals surface area contributed by atoms with Gasteiger partial charge >= 0.3 is 0 Å². The lowest BCUT2D eigenvalue weighted by atomic mass is 10.0. The number of aromatic nitrogens is 1. The number of hydrogen-bond donors (Lipinski definition) is 2. The molecule has 122 valence electrons. The molecule has 1 atom stereocenters. The fraction of sp³-hybridized carbons (Fsp3) is 0.333. The van der Waals surface area contributed by atoms with E-state index in [4.69, 9.17) is 12.2 Å². The van der Waals surface area contributed by atoms with Crippen LogP contribution >= 0.6 is 12.2 Å². The van der Waals surface area contributed by atoms with E-state index in [2.05, 4.69) is 41.2 Å². The van der Waals surface area contributed by atoms with Crippen LogP contribution in [0, 0.1) is 4.64 Å². The molecule has 0 aliphatic carbocycles. The van der Waals surface area contributed by atoms with Gasteiger partial charge in [0.1, 0.15) is 4.64 Å². The molecular weight excluding hydrogens is 306 g/mol. The van der Waals surface area contributed by atoms with Gasteiger partial charge < -0.3 is 10.3 Å². The number of carbonyl (C=O) groups is 1. The summed E-state index contributed by atoms with van der Waals surface area (Å²) in [6, 6.07) is 13.9. The van der Waals surface area contributed by atoms with Gasteiger partial charge in [0.15, 0.2) is 0 Å². The topological polar surface area (TPSA) is 48.1 Å². The molecule has 2 N–H and O–H groups in total. The van der Waals surface area contributed by atoms with E-state index >= 15 is 0 Å². The first-order chi connectivity index (χ1) is 11.2. The van der Waals surface area contributed by atoms with Gasteiger partial charge in [-0.25, -0.2) is 0 Å². The van der Waals surface area contributed by atoms with Crippen molar-refractivity contribution in [2.75, 3.05) is 19.6 Å². The fourth-order valence-corrected chi connectivity index (χ4v) is 2.91. The maximum atomic E-state index is 12.4. The van der Waals surface area contributed by atoms with E-state index in [1.807, 2.05) is 18.2 Å². The maximum absolute atomic E-state index is 12.4. The lowest BCUT2D eigenvalue weighted by molar-refractivity contribution is 0.0934. The minimum Gasteiger partial charge on any atom is -0.352 e. The highest BCUT2D eigenvalue weighted by Crippen LogP contribution is 2.19. The number of aromatic amines is 1. The zero-order chi connectivity index (χ0) is 16.7. The molecule has 0 spiro atoms. The van der Waals surface area contributed by atoms with Gasteiger partial charge in [0.2, 0.25) is 0 Å². The average Bonchev–Trinajstić information content (AvgIpc) is 2.59. The quantitative estimate of drug-likeness (QED) is 0.764. The highest BCUT2D eigenvalue weighted by atomic mass is 32.1. The summed E-state index contributed by atoms with van der Waals surface area (Å²) in [5.74, 6) is -0.139. The van der Waals surface area contributed by atoms with Crippen LogP contribution in [0.15, 0.2) is 48.7 Å². The van der Waals surface area contributed by atoms with Crippen molar-refractivity contribution >= 4 is 18.1 Å². The number of carbonyl (C=O) groups excluding carboxylic acids is 1. The van der Waals surface area contributed by atoms with Crippen molar-refractivity contribution < 1.29 is 4.79 Å². The van der Waals surface area contributed by atoms with E-state index in [1.54, 1.807) is 18.3 Å². The van der Waals surface area contributed by atoms with E-state index in [-0.39, 0.29) is 11.9 Å². The van der Waals surface area contributed by atoms with Crippen LogP contribution in [-0.4, -0.2) is 35.4 Å². The van der Waals surface area contributed by atoms with Crippen LogP contribution in [0.3, 0.4) is 0 Å². The number of rotatable bonds is 7. The van der Waals surface area contributed by atoms with Gasteiger partial charge in [0, 0.05) is 12.7 Å². The Balaban J connectivity index is 2.14. The molecule has 1 aromatic carbocycles. The summed E-state index contributed by atoms with van der Waals surface area (Å²) < 4.78 is 0.462. The minimum atomic E-state index is -0.139. The van der Waals surface area contributed by atoms with E-state index < -0.39 is 0 Å². The number of nitrogens with one attached hydrogen (secondary N) is 2. The molecule has 0 aliphatic rings. The zero-order valence-electron chi connectivity index (χ0n) is 13.6. The van der Waals surface area contributed by atoms with E-state index in [9.17, 15) is 4.79 Å². The van der Waals surface area contributed by atoms with Crippen molar-refractivity contribution in [1.82, 2.24) is 15.2 Å². The Morgan fingerprint density at radius 2 is 1.87 bits per heavy atom. The molecule has 0 saturated carbocycles. The van der Waals surface area contributed by atoms with Crippen LogP contribution in [0.1, 0.15) is 35.8 Å². The molecule has 0 aliphatic heterocycles. The summed E-state index contributed by atoms with van der Waals surface area (Å²) in [5.41, 5.74) is 1.71. The largest absolute Gasteiger partial charge is 0.352 e. The van der Waals surface area contributed by atoms with Crippen molar-refractivity contribution in [3.05, 3.63) is 64.4 Å². The second-order valence-electron chi connectivity index (χ2n) is 5.27. The van der Waals surface area contributed by atoms with Crippen LogP contribution in [0.25, 0.3) is 0 Å². The molecule has 1 amide bonds. The third-order valence-electron chi connectivity index (χ3n) is 3.96. The van der Waals surface area contributed by atoms with E-state index in [0.717, 1.165) is 13.1 Å². The van der Waals surface area contributed by atoms with Gasteiger partial charge in [0.05, 0.1) is 11.6 Å². The summed E-state index contributed by atoms with van der Waals surface area (Å²) in [7, 11) is 0. The highest BCUT2D eigenvalue weighted by Gasteiger charge is 2.19. The SMILES string of the molecule is CCN(CC)C(CNC(=O)c1ccc[nH]c1=S)c1ccccc1. The molecule has 0 saturated heterocycles. The first-order valence-electron chi connectivity index (χ1n) is 7.92. The summed E-state index contributed by atoms with van der Waals surface area (Å²) >= 11 is 5.17. The van der Waals surface area contributed by atoms with Crippen molar-refractivity contribution in [2.24, 2.45) is 0 Å². The normalized spacial score (nSPS) is 12.1. The Morgan fingerprint density at radius 1 is 1.17 bits per heavy atom. The molecule has 0 fully saturated rings. The Morgan fingerprint density at radius 3 is 2.48 bits per heavy atom. The van der Waals surface area contributed by atoms with Crippen molar-refractivity contribution in [2.45, 2.75) is 19.9 Å². The first-order valence-corrected chi connectivity index (χ1v) is 8.33. The molecule has 23 heavy (non-hydrogen) atoms. The number of H-pyrrole nitrogens is 1. The molecule has 1 heterocycles. The monoisotopic (exact) mass is 329 g/mol. The van der Waals surface area contributed by atoms with E-state index in [0.29, 0.717) is 16.7 Å². The zero-order valence-corrected chi connectivity index (χ0v) is 14.4. The number of nitrogens with zero attached hydrogens (tertiary/aromatic N) is 1. The lowest BCUT2D eigenvalue weighted by Gasteiger charge is -2.30. The molecule has 0 radical (unpaired) electrons. The number of pyridine rings is 1. The van der Waals surface area contributed by atoms with Gasteiger partial charge in [-0.15, -0.1) is 0 Å². The summed E-state index contributed by atoms with van der Waals surface area (Å²) in [6.07, 6.45) is 1.72. The summed E-state index contributed by atoms with van der Waals surface area (Å²) in [6.45, 7) is 6.67. The van der Waals surface area contributed by atoms with Gasteiger partial charge in [-0.2, -0.15) is 0 Å². The summed E-state index contributed by atoms with van der Waals surface area (Å²) in [4.78, 5) is 17.6. The molecule has 4 nitrogen and oxygen atoms in total. The van der Waals surface area contributed by atoms with Crippen molar-refractivity contribution in [1.29, 1.82) is 0 Å². The summed E-state index contributed by atoms with van der Waals surface area (Å²) in [5, 5.41) is 3.02.